The van der Waals surface area contributed by atoms with Crippen molar-refractivity contribution in [2.75, 3.05) is 4.90 Å². The van der Waals surface area contributed by atoms with Gasteiger partial charge in [0.05, 0.1) is 22.1 Å². The van der Waals surface area contributed by atoms with Crippen LogP contribution in [0.1, 0.15) is 43.9 Å². The van der Waals surface area contributed by atoms with Gasteiger partial charge in [-0.25, -0.2) is 0 Å². The summed E-state index contributed by atoms with van der Waals surface area (Å²) in [5.41, 5.74) is 17.6. The molecule has 0 fully saturated rings. The number of allylic oxidation sites excluding steroid dienone is 4. The van der Waals surface area contributed by atoms with Crippen LogP contribution in [0.5, 0.6) is 0 Å². The summed E-state index contributed by atoms with van der Waals surface area (Å²) in [5.74, 6) is 0. The maximum absolute atomic E-state index is 7.22. The fourth-order valence-electron chi connectivity index (χ4n) is 10.5. The SMILES string of the molecule is CC1(c2ccc(N(c3ccc(-c4ccccc4)cc3)c3cccc4c3oc3c4ccc4c3c3ccccc3n4-c3ccccc3)cc2)C=CC2=C(C1)C(C)(C)c1ccccc12. The average Bonchev–Trinajstić information content (AvgIpc) is 3.93. The molecular weight excluding hydrogens is 741 g/mol. The Labute approximate surface area is 356 Å². The number of benzene rings is 8. The second-order valence-corrected chi connectivity index (χ2v) is 17.6. The van der Waals surface area contributed by atoms with E-state index in [4.69, 9.17) is 4.42 Å². The van der Waals surface area contributed by atoms with Crippen LogP contribution in [-0.2, 0) is 10.8 Å². The number of nitrogens with zero attached hydrogens (tertiary/aromatic N) is 2. The van der Waals surface area contributed by atoms with Crippen molar-refractivity contribution in [3.63, 3.8) is 0 Å². The number of rotatable bonds is 6. The monoisotopic (exact) mass is 784 g/mol. The number of hydrogen-bond acceptors (Lipinski definition) is 2. The van der Waals surface area contributed by atoms with Crippen molar-refractivity contribution in [2.45, 2.75) is 38.0 Å². The predicted molar refractivity (Wildman–Crippen MR) is 256 cm³/mol. The Kier molecular flexibility index (Phi) is 7.77. The molecule has 2 aliphatic carbocycles. The molecule has 3 nitrogen and oxygen atoms in total. The van der Waals surface area contributed by atoms with E-state index in [0.29, 0.717) is 0 Å². The number of hydrogen-bond donors (Lipinski definition) is 0. The standard InChI is InChI=1S/C58H44N2O/c1-57(2)49-22-12-10-19-44(49)45-35-36-58(3,37-50(45)57)40-27-31-43(32-28-40)59(42-29-25-39(26-30-42)38-15-6-4-7-16-38)53-24-14-21-46-47-33-34-52-54(56(47)61-55(46)53)48-20-11-13-23-51(48)60(52)41-17-8-5-9-18-41/h4-36H,37H2,1-3H3. The van der Waals surface area contributed by atoms with Crippen LogP contribution in [0.3, 0.4) is 0 Å². The highest BCUT2D eigenvalue weighted by Crippen LogP contribution is 2.54. The van der Waals surface area contributed by atoms with Crippen molar-refractivity contribution in [3.8, 4) is 16.8 Å². The summed E-state index contributed by atoms with van der Waals surface area (Å²) in [6.07, 6.45) is 5.80. The molecule has 0 saturated heterocycles. The Morgan fingerprint density at radius 3 is 1.95 bits per heavy atom. The van der Waals surface area contributed by atoms with Gasteiger partial charge >= 0.3 is 0 Å². The molecule has 1 atom stereocenters. The fourth-order valence-corrected chi connectivity index (χ4v) is 10.5. The van der Waals surface area contributed by atoms with E-state index < -0.39 is 0 Å². The van der Waals surface area contributed by atoms with Gasteiger partial charge < -0.3 is 13.9 Å². The fraction of sp³-hybridized carbons (Fsp3) is 0.103. The molecule has 61 heavy (non-hydrogen) atoms. The maximum Gasteiger partial charge on any atom is 0.159 e. The molecule has 3 heteroatoms. The normalized spacial score (nSPS) is 16.8. The zero-order valence-electron chi connectivity index (χ0n) is 34.6. The van der Waals surface area contributed by atoms with Crippen molar-refractivity contribution in [1.29, 1.82) is 0 Å². The summed E-state index contributed by atoms with van der Waals surface area (Å²) < 4.78 is 9.58. The molecule has 8 aromatic carbocycles. The van der Waals surface area contributed by atoms with Gasteiger partial charge in [-0.2, -0.15) is 0 Å². The molecule has 10 aromatic rings. The zero-order valence-corrected chi connectivity index (χ0v) is 34.6. The van der Waals surface area contributed by atoms with Gasteiger partial charge in [-0.1, -0.05) is 166 Å². The first-order valence-electron chi connectivity index (χ1n) is 21.4. The van der Waals surface area contributed by atoms with E-state index in [9.17, 15) is 0 Å². The topological polar surface area (TPSA) is 21.3 Å². The minimum Gasteiger partial charge on any atom is -0.453 e. The van der Waals surface area contributed by atoms with Gasteiger partial charge in [0.1, 0.15) is 5.58 Å². The Morgan fingerprint density at radius 2 is 1.16 bits per heavy atom. The molecule has 292 valence electrons. The molecule has 0 aliphatic heterocycles. The minimum atomic E-state index is -0.137. The van der Waals surface area contributed by atoms with Gasteiger partial charge in [-0.15, -0.1) is 0 Å². The van der Waals surface area contributed by atoms with E-state index in [2.05, 4.69) is 230 Å². The lowest BCUT2D eigenvalue weighted by molar-refractivity contribution is 0.513. The van der Waals surface area contributed by atoms with Gasteiger partial charge in [-0.3, -0.25) is 0 Å². The number of aromatic nitrogens is 1. The Morgan fingerprint density at radius 1 is 0.525 bits per heavy atom. The molecule has 0 saturated carbocycles. The van der Waals surface area contributed by atoms with Gasteiger partial charge in [0.15, 0.2) is 5.58 Å². The maximum atomic E-state index is 7.22. The Bertz CT molecular complexity index is 3400. The van der Waals surface area contributed by atoms with Gasteiger partial charge in [0.25, 0.3) is 0 Å². The van der Waals surface area contributed by atoms with Crippen LogP contribution in [0.25, 0.3) is 66.1 Å². The molecule has 0 N–H and O–H groups in total. The third-order valence-corrected chi connectivity index (χ3v) is 13.7. The van der Waals surface area contributed by atoms with Crippen LogP contribution < -0.4 is 4.90 Å². The minimum absolute atomic E-state index is 0.00606. The lowest BCUT2D eigenvalue weighted by Gasteiger charge is -2.36. The van der Waals surface area contributed by atoms with Crippen LogP contribution in [0.4, 0.5) is 17.1 Å². The number of anilines is 3. The van der Waals surface area contributed by atoms with Gasteiger partial charge in [0.2, 0.25) is 0 Å². The third-order valence-electron chi connectivity index (χ3n) is 13.7. The molecule has 2 aromatic heterocycles. The molecule has 0 amide bonds. The molecule has 1 unspecified atom stereocenters. The van der Waals surface area contributed by atoms with Crippen LogP contribution in [0, 0.1) is 0 Å². The third kappa shape index (κ3) is 5.36. The molecule has 2 heterocycles. The molecule has 2 aliphatic rings. The largest absolute Gasteiger partial charge is 0.453 e. The van der Waals surface area contributed by atoms with Gasteiger partial charge in [0, 0.05) is 44.1 Å². The van der Waals surface area contributed by atoms with E-state index in [1.54, 1.807) is 0 Å². The summed E-state index contributed by atoms with van der Waals surface area (Å²) in [6.45, 7) is 7.18. The average molecular weight is 785 g/mol. The Hall–Kier alpha value is -7.36. The first kappa shape index (κ1) is 35.6. The quantitative estimate of drug-likeness (QED) is 0.167. The van der Waals surface area contributed by atoms with E-state index in [1.807, 2.05) is 0 Å². The van der Waals surface area contributed by atoms with E-state index in [-0.39, 0.29) is 10.8 Å². The zero-order chi connectivity index (χ0) is 40.9. The van der Waals surface area contributed by atoms with Crippen molar-refractivity contribution in [1.82, 2.24) is 4.57 Å². The summed E-state index contributed by atoms with van der Waals surface area (Å²) in [7, 11) is 0. The highest BCUT2D eigenvalue weighted by Gasteiger charge is 2.42. The second kappa shape index (κ2) is 13.3. The van der Waals surface area contributed by atoms with Crippen molar-refractivity contribution in [3.05, 3.63) is 222 Å². The summed E-state index contributed by atoms with van der Waals surface area (Å²) >= 11 is 0. The highest BCUT2D eigenvalue weighted by atomic mass is 16.3. The highest BCUT2D eigenvalue weighted by molar-refractivity contribution is 6.25. The number of fused-ring (bicyclic) bond motifs is 9. The lowest BCUT2D eigenvalue weighted by Crippen LogP contribution is -2.28. The van der Waals surface area contributed by atoms with Crippen LogP contribution in [0.15, 0.2) is 210 Å². The lowest BCUT2D eigenvalue weighted by atomic mass is 9.68. The van der Waals surface area contributed by atoms with Crippen LogP contribution in [0.2, 0.25) is 0 Å². The molecule has 0 spiro atoms. The van der Waals surface area contributed by atoms with Crippen LogP contribution in [-0.4, -0.2) is 4.57 Å². The van der Waals surface area contributed by atoms with Crippen molar-refractivity contribution >= 4 is 66.4 Å². The smallest absolute Gasteiger partial charge is 0.159 e. The summed E-state index contributed by atoms with van der Waals surface area (Å²) in [5, 5.41) is 4.51. The molecule has 12 rings (SSSR count). The summed E-state index contributed by atoms with van der Waals surface area (Å²) in [6, 6.07) is 68.1. The van der Waals surface area contributed by atoms with Crippen LogP contribution >= 0.6 is 0 Å². The molecular formula is C58H44N2O. The van der Waals surface area contributed by atoms with Gasteiger partial charge in [-0.05, 0) is 100 Å². The van der Waals surface area contributed by atoms with Crippen molar-refractivity contribution in [2.24, 2.45) is 0 Å². The van der Waals surface area contributed by atoms with Crippen molar-refractivity contribution < 1.29 is 4.42 Å². The van der Waals surface area contributed by atoms with E-state index >= 15 is 0 Å². The first-order valence-corrected chi connectivity index (χ1v) is 21.4. The van der Waals surface area contributed by atoms with E-state index in [0.717, 1.165) is 67.5 Å². The molecule has 0 bridgehead atoms. The second-order valence-electron chi connectivity index (χ2n) is 17.6. The molecule has 0 radical (unpaired) electrons. The number of furan rings is 1. The predicted octanol–water partition coefficient (Wildman–Crippen LogP) is 15.8. The first-order chi connectivity index (χ1) is 29.9. The summed E-state index contributed by atoms with van der Waals surface area (Å²) in [4.78, 5) is 2.37. The van der Waals surface area contributed by atoms with E-state index in [1.165, 1.54) is 44.3 Å². The Balaban J connectivity index is 1.01. The number of para-hydroxylation sites is 3.